The smallest absolute Gasteiger partial charge is 0.266 e. The second-order valence-electron chi connectivity index (χ2n) is 7.52. The Bertz CT molecular complexity index is 1210. The maximum Gasteiger partial charge on any atom is 0.266 e. The summed E-state index contributed by atoms with van der Waals surface area (Å²) in [5, 5.41) is 1.99. The van der Waals surface area contributed by atoms with Crippen LogP contribution in [0.4, 0.5) is 11.4 Å². The summed E-state index contributed by atoms with van der Waals surface area (Å²) in [5.74, 6) is -0.839. The second kappa shape index (κ2) is 8.24. The molecule has 3 aromatic carbocycles. The van der Waals surface area contributed by atoms with Gasteiger partial charge in [-0.2, -0.15) is 0 Å². The number of para-hydroxylation sites is 2. The highest BCUT2D eigenvalue weighted by Crippen LogP contribution is 2.49. The molecule has 2 heterocycles. The molecule has 32 heavy (non-hydrogen) atoms. The first kappa shape index (κ1) is 21.0. The molecule has 2 fully saturated rings. The zero-order valence-corrected chi connectivity index (χ0v) is 19.3. The first-order valence-electron chi connectivity index (χ1n) is 9.98. The fourth-order valence-corrected chi connectivity index (χ4v) is 5.07. The van der Waals surface area contributed by atoms with Crippen LogP contribution in [-0.4, -0.2) is 25.0 Å². The molecule has 6 nitrogen and oxygen atoms in total. The topological polar surface area (TPSA) is 59.1 Å². The minimum atomic E-state index is -0.954. The van der Waals surface area contributed by atoms with Crippen LogP contribution < -0.4 is 14.7 Å². The number of halogens is 2. The number of amides is 2. The first-order valence-corrected chi connectivity index (χ1v) is 11.1. The van der Waals surface area contributed by atoms with Crippen molar-refractivity contribution in [2.75, 3.05) is 17.1 Å². The molecule has 3 aromatic rings. The summed E-state index contributed by atoms with van der Waals surface area (Å²) in [6, 6.07) is 21.3. The molecule has 0 saturated carbocycles. The van der Waals surface area contributed by atoms with Crippen molar-refractivity contribution in [3.8, 4) is 5.75 Å². The minimum absolute atomic E-state index is 0.331. The van der Waals surface area contributed by atoms with Gasteiger partial charge in [-0.05, 0) is 57.9 Å². The van der Waals surface area contributed by atoms with E-state index in [-0.39, 0.29) is 5.91 Å². The third kappa shape index (κ3) is 3.28. The molecule has 5 rings (SSSR count). The molecule has 0 aromatic heterocycles. The fourth-order valence-electron chi connectivity index (χ4n) is 4.29. The number of nitrogens with zero attached hydrogens (tertiary/aromatic N) is 2. The lowest BCUT2D eigenvalue weighted by molar-refractivity contribution is -0.126. The maximum absolute atomic E-state index is 13.6. The quantitative estimate of drug-likeness (QED) is 0.451. The van der Waals surface area contributed by atoms with Gasteiger partial charge in [0.2, 0.25) is 5.91 Å². The Morgan fingerprint density at radius 1 is 0.969 bits per heavy atom. The van der Waals surface area contributed by atoms with Crippen molar-refractivity contribution in [1.29, 1.82) is 0 Å². The Hall–Kier alpha value is -2.87. The van der Waals surface area contributed by atoms with E-state index >= 15 is 0 Å². The van der Waals surface area contributed by atoms with Crippen molar-refractivity contribution in [2.24, 2.45) is 5.92 Å². The van der Waals surface area contributed by atoms with Crippen LogP contribution in [0.3, 0.4) is 0 Å². The van der Waals surface area contributed by atoms with Crippen molar-refractivity contribution < 1.29 is 19.2 Å². The van der Waals surface area contributed by atoms with Crippen molar-refractivity contribution >= 4 is 50.7 Å². The van der Waals surface area contributed by atoms with E-state index in [1.54, 1.807) is 36.4 Å². The van der Waals surface area contributed by atoms with Crippen LogP contribution in [-0.2, 0) is 14.4 Å². The van der Waals surface area contributed by atoms with E-state index in [1.165, 1.54) is 0 Å². The number of carbonyl (C=O) groups is 2. The third-order valence-electron chi connectivity index (χ3n) is 5.74. The van der Waals surface area contributed by atoms with Crippen LogP contribution in [0.2, 0.25) is 5.02 Å². The summed E-state index contributed by atoms with van der Waals surface area (Å²) in [5.41, 5.74) is 1.93. The fraction of sp³-hybridized carbons (Fsp3) is 0.167. The molecule has 2 aliphatic rings. The zero-order valence-electron chi connectivity index (χ0n) is 16.9. The van der Waals surface area contributed by atoms with Gasteiger partial charge in [0.05, 0.1) is 34.0 Å². The number of carbonyl (C=O) groups excluding carboxylic acids is 2. The van der Waals surface area contributed by atoms with Gasteiger partial charge in [-0.15, -0.1) is 0 Å². The van der Waals surface area contributed by atoms with Crippen molar-refractivity contribution in [1.82, 2.24) is 0 Å². The van der Waals surface area contributed by atoms with Crippen LogP contribution >= 0.6 is 27.5 Å². The largest absolute Gasteiger partial charge is 0.496 e. The number of ether oxygens (including phenoxy) is 1. The summed E-state index contributed by atoms with van der Waals surface area (Å²) >= 11 is 9.83. The molecule has 162 valence electrons. The summed E-state index contributed by atoms with van der Waals surface area (Å²) < 4.78 is 6.10. The molecule has 0 N–H and O–H groups in total. The molecule has 8 heteroatoms. The zero-order chi connectivity index (χ0) is 22.4. The monoisotopic (exact) mass is 512 g/mol. The van der Waals surface area contributed by atoms with Crippen LogP contribution in [0.15, 0.2) is 77.3 Å². The predicted molar refractivity (Wildman–Crippen MR) is 125 cm³/mol. The van der Waals surface area contributed by atoms with Gasteiger partial charge in [0.1, 0.15) is 11.7 Å². The molecule has 0 unspecified atom stereocenters. The minimum Gasteiger partial charge on any atom is -0.496 e. The molecular formula is C24H18BrClN2O4. The number of rotatable bonds is 4. The highest BCUT2D eigenvalue weighted by atomic mass is 79.9. The van der Waals surface area contributed by atoms with Gasteiger partial charge in [0.25, 0.3) is 5.91 Å². The lowest BCUT2D eigenvalue weighted by Crippen LogP contribution is -2.37. The van der Waals surface area contributed by atoms with Gasteiger partial charge in [0.15, 0.2) is 6.10 Å². The highest BCUT2D eigenvalue weighted by molar-refractivity contribution is 9.10. The first-order chi connectivity index (χ1) is 15.5. The predicted octanol–water partition coefficient (Wildman–Crippen LogP) is 5.16. The average Bonchev–Trinajstić information content (AvgIpc) is 3.31. The number of imide groups is 1. The Balaban J connectivity index is 1.61. The van der Waals surface area contributed by atoms with Crippen LogP contribution in [0.25, 0.3) is 0 Å². The number of hydrogen-bond donors (Lipinski definition) is 0. The Morgan fingerprint density at radius 2 is 1.69 bits per heavy atom. The van der Waals surface area contributed by atoms with E-state index < -0.39 is 24.0 Å². The van der Waals surface area contributed by atoms with E-state index in [9.17, 15) is 9.59 Å². The standard InChI is InChI=1S/C24H18BrClN2O4/c1-31-19-12-11-14(13-16(19)25)21-20-22(32-28(21)15-7-3-2-4-8-15)24(30)27(23(20)29)18-10-6-5-9-17(18)26/h2-13,20-22H,1H3/t20-,21+,22-/m0/s1. The van der Waals surface area contributed by atoms with Crippen LogP contribution in [0.5, 0.6) is 5.75 Å². The summed E-state index contributed by atoms with van der Waals surface area (Å²) in [6.07, 6.45) is -0.954. The summed E-state index contributed by atoms with van der Waals surface area (Å²) in [4.78, 5) is 34.2. The lowest BCUT2D eigenvalue weighted by Gasteiger charge is -2.29. The SMILES string of the molecule is COc1ccc([C@@H]2[C@@H]3C(=O)N(c4ccccc4Cl)C(=O)[C@H]3ON2c2ccccc2)cc1Br. The van der Waals surface area contributed by atoms with Gasteiger partial charge >= 0.3 is 0 Å². The molecule has 0 bridgehead atoms. The normalized spacial score (nSPS) is 22.4. The van der Waals surface area contributed by atoms with Gasteiger partial charge in [-0.1, -0.05) is 48.0 Å². The van der Waals surface area contributed by atoms with E-state index in [2.05, 4.69) is 15.9 Å². The Morgan fingerprint density at radius 3 is 2.38 bits per heavy atom. The van der Waals surface area contributed by atoms with Crippen molar-refractivity contribution in [2.45, 2.75) is 12.1 Å². The second-order valence-corrected chi connectivity index (χ2v) is 8.78. The molecule has 3 atom stereocenters. The number of methoxy groups -OCH3 is 1. The van der Waals surface area contributed by atoms with Gasteiger partial charge in [-0.3, -0.25) is 14.4 Å². The molecule has 0 radical (unpaired) electrons. The molecule has 0 aliphatic carbocycles. The van der Waals surface area contributed by atoms with E-state index in [4.69, 9.17) is 21.2 Å². The molecule has 2 saturated heterocycles. The van der Waals surface area contributed by atoms with Crippen molar-refractivity contribution in [3.05, 3.63) is 87.9 Å². The van der Waals surface area contributed by atoms with E-state index in [0.717, 1.165) is 20.6 Å². The molecule has 2 aliphatic heterocycles. The van der Waals surface area contributed by atoms with Gasteiger partial charge in [0, 0.05) is 0 Å². The molecule has 0 spiro atoms. The molecule has 2 amide bonds. The average molecular weight is 514 g/mol. The lowest BCUT2D eigenvalue weighted by atomic mass is 9.90. The van der Waals surface area contributed by atoms with Gasteiger partial charge < -0.3 is 4.74 Å². The van der Waals surface area contributed by atoms with Crippen LogP contribution in [0.1, 0.15) is 11.6 Å². The number of hydrogen-bond acceptors (Lipinski definition) is 5. The Labute approximate surface area is 198 Å². The number of benzene rings is 3. The van der Waals surface area contributed by atoms with E-state index in [1.807, 2.05) is 48.5 Å². The molecular weight excluding hydrogens is 496 g/mol. The third-order valence-corrected chi connectivity index (χ3v) is 6.68. The van der Waals surface area contributed by atoms with Crippen molar-refractivity contribution in [3.63, 3.8) is 0 Å². The Kier molecular flexibility index (Phi) is 5.41. The number of anilines is 2. The van der Waals surface area contributed by atoms with E-state index in [0.29, 0.717) is 16.5 Å². The maximum atomic E-state index is 13.6. The van der Waals surface area contributed by atoms with Crippen LogP contribution in [0, 0.1) is 5.92 Å². The highest BCUT2D eigenvalue weighted by Gasteiger charge is 2.60. The summed E-state index contributed by atoms with van der Waals surface area (Å²) in [6.45, 7) is 0. The number of fused-ring (bicyclic) bond motifs is 1. The summed E-state index contributed by atoms with van der Waals surface area (Å²) in [7, 11) is 1.59. The number of hydroxylamine groups is 1. The van der Waals surface area contributed by atoms with Gasteiger partial charge in [-0.25, -0.2) is 9.96 Å².